The molecule has 0 radical (unpaired) electrons. The van der Waals surface area contributed by atoms with Crippen molar-refractivity contribution in [2.75, 3.05) is 0 Å². The Labute approximate surface area is 111 Å². The summed E-state index contributed by atoms with van der Waals surface area (Å²) in [5.41, 5.74) is 7.46. The maximum Gasteiger partial charge on any atom is 0.232 e. The summed E-state index contributed by atoms with van der Waals surface area (Å²) >= 11 is 0. The Bertz CT molecular complexity index is 587. The second kappa shape index (κ2) is 4.74. The second-order valence-corrected chi connectivity index (χ2v) is 5.69. The highest BCUT2D eigenvalue weighted by Crippen LogP contribution is 2.25. The van der Waals surface area contributed by atoms with Crippen LogP contribution >= 0.6 is 0 Å². The van der Waals surface area contributed by atoms with Crippen molar-refractivity contribution >= 4 is 0 Å². The molecule has 1 aromatic carbocycles. The lowest BCUT2D eigenvalue weighted by Crippen LogP contribution is -2.16. The molecule has 2 rings (SSSR count). The van der Waals surface area contributed by atoms with Crippen LogP contribution in [0.1, 0.15) is 49.7 Å². The van der Waals surface area contributed by atoms with E-state index in [4.69, 9.17) is 10.3 Å². The van der Waals surface area contributed by atoms with E-state index in [1.165, 1.54) is 12.1 Å². The molecule has 2 N–H and O–H groups in total. The van der Waals surface area contributed by atoms with Crippen LogP contribution in [-0.2, 0) is 5.41 Å². The van der Waals surface area contributed by atoms with Gasteiger partial charge in [0.15, 0.2) is 5.82 Å². The quantitative estimate of drug-likeness (QED) is 0.904. The van der Waals surface area contributed by atoms with Gasteiger partial charge in [-0.05, 0) is 30.2 Å². The van der Waals surface area contributed by atoms with Crippen molar-refractivity contribution in [2.45, 2.75) is 39.2 Å². The van der Waals surface area contributed by atoms with Gasteiger partial charge >= 0.3 is 0 Å². The summed E-state index contributed by atoms with van der Waals surface area (Å²) in [5.74, 6) is 0.675. The second-order valence-electron chi connectivity index (χ2n) is 5.69. The average molecular weight is 263 g/mol. The molecule has 0 amide bonds. The van der Waals surface area contributed by atoms with Gasteiger partial charge in [-0.25, -0.2) is 4.39 Å². The molecule has 102 valence electrons. The first-order valence-electron chi connectivity index (χ1n) is 6.15. The van der Waals surface area contributed by atoms with Crippen LogP contribution in [0.5, 0.6) is 0 Å². The lowest BCUT2D eigenvalue weighted by Gasteiger charge is -2.12. The summed E-state index contributed by atoms with van der Waals surface area (Å²) in [5, 5.41) is 3.92. The van der Waals surface area contributed by atoms with Crippen molar-refractivity contribution in [3.8, 4) is 0 Å². The number of halogens is 1. The predicted octanol–water partition coefficient (Wildman–Crippen LogP) is 2.86. The molecule has 0 saturated heterocycles. The van der Waals surface area contributed by atoms with Gasteiger partial charge in [-0.15, -0.1) is 0 Å². The summed E-state index contributed by atoms with van der Waals surface area (Å²) in [6.07, 6.45) is 0. The SMILES string of the molecule is Cc1cc(F)ccc1C(N)c1noc(C(C)(C)C)n1. The molecule has 0 bridgehead atoms. The van der Waals surface area contributed by atoms with Gasteiger partial charge < -0.3 is 10.3 Å². The number of nitrogens with two attached hydrogens (primary N) is 1. The molecule has 19 heavy (non-hydrogen) atoms. The molecule has 4 nitrogen and oxygen atoms in total. The molecule has 1 aromatic heterocycles. The Hall–Kier alpha value is -1.75. The van der Waals surface area contributed by atoms with Crippen LogP contribution in [0.25, 0.3) is 0 Å². The number of nitrogens with zero attached hydrogens (tertiary/aromatic N) is 2. The minimum Gasteiger partial charge on any atom is -0.339 e. The molecular formula is C14H18FN3O. The smallest absolute Gasteiger partial charge is 0.232 e. The third kappa shape index (κ3) is 2.81. The lowest BCUT2D eigenvalue weighted by molar-refractivity contribution is 0.317. The number of hydrogen-bond donors (Lipinski definition) is 1. The van der Waals surface area contributed by atoms with Crippen molar-refractivity contribution < 1.29 is 8.91 Å². The largest absolute Gasteiger partial charge is 0.339 e. The number of aryl methyl sites for hydroxylation is 1. The summed E-state index contributed by atoms with van der Waals surface area (Å²) in [6.45, 7) is 7.76. The van der Waals surface area contributed by atoms with Gasteiger partial charge in [-0.3, -0.25) is 0 Å². The highest BCUT2D eigenvalue weighted by atomic mass is 19.1. The molecular weight excluding hydrogens is 245 g/mol. The van der Waals surface area contributed by atoms with Gasteiger partial charge in [-0.1, -0.05) is 32.0 Å². The van der Waals surface area contributed by atoms with E-state index in [1.807, 2.05) is 27.7 Å². The monoisotopic (exact) mass is 263 g/mol. The highest BCUT2D eigenvalue weighted by molar-refractivity contribution is 5.32. The molecule has 5 heteroatoms. The summed E-state index contributed by atoms with van der Waals surface area (Å²) in [4.78, 5) is 4.32. The maximum absolute atomic E-state index is 13.1. The minimum atomic E-state index is -0.513. The fourth-order valence-electron chi connectivity index (χ4n) is 1.79. The Morgan fingerprint density at radius 2 is 2.00 bits per heavy atom. The van der Waals surface area contributed by atoms with Crippen molar-refractivity contribution in [1.29, 1.82) is 0 Å². The number of hydrogen-bond acceptors (Lipinski definition) is 4. The zero-order valence-electron chi connectivity index (χ0n) is 11.6. The van der Waals surface area contributed by atoms with Gasteiger partial charge in [0, 0.05) is 5.41 Å². The molecule has 1 heterocycles. The topological polar surface area (TPSA) is 64.9 Å². The van der Waals surface area contributed by atoms with E-state index in [0.717, 1.165) is 11.1 Å². The summed E-state index contributed by atoms with van der Waals surface area (Å²) < 4.78 is 18.3. The van der Waals surface area contributed by atoms with Crippen molar-refractivity contribution in [3.05, 3.63) is 46.9 Å². The molecule has 0 saturated carbocycles. The molecule has 2 aromatic rings. The average Bonchev–Trinajstić information content (AvgIpc) is 2.76. The van der Waals surface area contributed by atoms with Crippen LogP contribution < -0.4 is 5.73 Å². The summed E-state index contributed by atoms with van der Waals surface area (Å²) in [6, 6.07) is 3.97. The first-order valence-corrected chi connectivity index (χ1v) is 6.15. The van der Waals surface area contributed by atoms with E-state index in [2.05, 4.69) is 10.1 Å². The Morgan fingerprint density at radius 3 is 2.53 bits per heavy atom. The Morgan fingerprint density at radius 1 is 1.32 bits per heavy atom. The number of aromatic nitrogens is 2. The third-order valence-corrected chi connectivity index (χ3v) is 2.93. The van der Waals surface area contributed by atoms with E-state index in [0.29, 0.717) is 11.7 Å². The van der Waals surface area contributed by atoms with Crippen molar-refractivity contribution in [3.63, 3.8) is 0 Å². The molecule has 0 fully saturated rings. The summed E-state index contributed by atoms with van der Waals surface area (Å²) in [7, 11) is 0. The van der Waals surface area contributed by atoms with Crippen LogP contribution in [0.2, 0.25) is 0 Å². The van der Waals surface area contributed by atoms with Crippen LogP contribution in [-0.4, -0.2) is 10.1 Å². The van der Waals surface area contributed by atoms with Gasteiger partial charge in [0.2, 0.25) is 5.89 Å². The van der Waals surface area contributed by atoms with E-state index >= 15 is 0 Å². The first-order chi connectivity index (χ1) is 8.79. The molecule has 0 aliphatic carbocycles. The van der Waals surface area contributed by atoms with Crippen molar-refractivity contribution in [2.24, 2.45) is 5.73 Å². The lowest BCUT2D eigenvalue weighted by atomic mass is 9.97. The minimum absolute atomic E-state index is 0.219. The van der Waals surface area contributed by atoms with E-state index in [1.54, 1.807) is 6.07 Å². The van der Waals surface area contributed by atoms with Crippen molar-refractivity contribution in [1.82, 2.24) is 10.1 Å². The van der Waals surface area contributed by atoms with Crippen LogP contribution in [0, 0.1) is 12.7 Å². The van der Waals surface area contributed by atoms with Crippen LogP contribution in [0.15, 0.2) is 22.7 Å². The van der Waals surface area contributed by atoms with Gasteiger partial charge in [0.1, 0.15) is 5.82 Å². The van der Waals surface area contributed by atoms with E-state index < -0.39 is 6.04 Å². The Balaban J connectivity index is 2.34. The fraction of sp³-hybridized carbons (Fsp3) is 0.429. The predicted molar refractivity (Wildman–Crippen MR) is 70.2 cm³/mol. The molecule has 1 unspecified atom stereocenters. The molecule has 0 aliphatic rings. The highest BCUT2D eigenvalue weighted by Gasteiger charge is 2.24. The van der Waals surface area contributed by atoms with Gasteiger partial charge in [0.05, 0.1) is 6.04 Å². The van der Waals surface area contributed by atoms with Crippen LogP contribution in [0.4, 0.5) is 4.39 Å². The van der Waals surface area contributed by atoms with E-state index in [-0.39, 0.29) is 11.2 Å². The zero-order valence-corrected chi connectivity index (χ0v) is 11.6. The molecule has 1 atom stereocenters. The fourth-order valence-corrected chi connectivity index (χ4v) is 1.79. The Kier molecular flexibility index (Phi) is 3.41. The first kappa shape index (κ1) is 13.7. The maximum atomic E-state index is 13.1. The normalized spacial score (nSPS) is 13.6. The van der Waals surface area contributed by atoms with Gasteiger partial charge in [0.25, 0.3) is 0 Å². The van der Waals surface area contributed by atoms with E-state index in [9.17, 15) is 4.39 Å². The number of rotatable bonds is 2. The third-order valence-electron chi connectivity index (χ3n) is 2.93. The molecule has 0 spiro atoms. The standard InChI is InChI=1S/C14H18FN3O/c1-8-7-9(15)5-6-10(8)11(16)12-17-13(19-18-12)14(2,3)4/h5-7,11H,16H2,1-4H3. The van der Waals surface area contributed by atoms with Gasteiger partial charge in [-0.2, -0.15) is 4.98 Å². The zero-order chi connectivity index (χ0) is 14.2. The molecule has 0 aliphatic heterocycles. The van der Waals surface area contributed by atoms with Crippen LogP contribution in [0.3, 0.4) is 0 Å². The number of benzene rings is 1.